The second-order valence-electron chi connectivity index (χ2n) is 9.54. The Kier molecular flexibility index (Phi) is 7.76. The van der Waals surface area contributed by atoms with Crippen LogP contribution in [0.5, 0.6) is 0 Å². The van der Waals surface area contributed by atoms with Crippen molar-refractivity contribution in [2.45, 2.75) is 57.9 Å². The van der Waals surface area contributed by atoms with E-state index in [0.717, 1.165) is 24.8 Å². The van der Waals surface area contributed by atoms with Crippen LogP contribution in [0.3, 0.4) is 0 Å². The van der Waals surface area contributed by atoms with Crippen LogP contribution in [0.2, 0.25) is 0 Å². The Balaban J connectivity index is 1.73. The Morgan fingerprint density at radius 1 is 1.11 bits per heavy atom. The van der Waals surface area contributed by atoms with Gasteiger partial charge in [0.1, 0.15) is 0 Å². The van der Waals surface area contributed by atoms with Crippen molar-refractivity contribution in [2.75, 3.05) is 24.1 Å². The van der Waals surface area contributed by atoms with E-state index in [4.69, 9.17) is 4.74 Å². The van der Waals surface area contributed by atoms with Crippen LogP contribution in [0.4, 0.5) is 14.5 Å². The lowest BCUT2D eigenvalue weighted by atomic mass is 10.0. The van der Waals surface area contributed by atoms with Gasteiger partial charge in [0.15, 0.2) is 5.82 Å². The van der Waals surface area contributed by atoms with Gasteiger partial charge in [0.2, 0.25) is 0 Å². The number of hydrogen-bond acceptors (Lipinski definition) is 4. The Morgan fingerprint density at radius 2 is 1.80 bits per heavy atom. The number of halogens is 2. The maximum atomic E-state index is 13.9. The van der Waals surface area contributed by atoms with Gasteiger partial charge in [0.25, 0.3) is 16.4 Å². The van der Waals surface area contributed by atoms with Gasteiger partial charge in [-0.15, -0.1) is 0 Å². The first-order valence-electron chi connectivity index (χ1n) is 12.2. The highest BCUT2D eigenvalue weighted by Crippen LogP contribution is 2.31. The number of hydrogen-bond donors (Lipinski definition) is 0. The third-order valence-electron chi connectivity index (χ3n) is 6.48. The topological polar surface area (TPSA) is 64.4 Å². The molecule has 2 heterocycles. The molecule has 6 nitrogen and oxygen atoms in total. The van der Waals surface area contributed by atoms with Gasteiger partial charge in [-0.3, -0.25) is 4.31 Å². The fraction of sp³-hybridized carbons (Fsp3) is 0.500. The van der Waals surface area contributed by atoms with Crippen LogP contribution in [-0.2, 0) is 27.7 Å². The molecule has 1 aliphatic heterocycles. The number of sulfonamides is 1. The number of nitrogens with zero attached hydrogens (tertiary/aromatic N) is 3. The summed E-state index contributed by atoms with van der Waals surface area (Å²) in [7, 11) is -3.93. The molecule has 0 spiro atoms. The van der Waals surface area contributed by atoms with Crippen molar-refractivity contribution in [2.24, 2.45) is 11.8 Å². The second-order valence-corrected chi connectivity index (χ2v) is 11.4. The van der Waals surface area contributed by atoms with Crippen LogP contribution < -0.4 is 4.31 Å². The third-order valence-corrected chi connectivity index (χ3v) is 8.27. The summed E-state index contributed by atoms with van der Waals surface area (Å²) in [5, 5.41) is 0. The molecule has 35 heavy (non-hydrogen) atoms. The number of ether oxygens (including phenoxy) is 1. The van der Waals surface area contributed by atoms with Crippen LogP contribution in [0, 0.1) is 11.8 Å². The summed E-state index contributed by atoms with van der Waals surface area (Å²) in [4.78, 5) is 4.21. The van der Waals surface area contributed by atoms with E-state index in [1.807, 2.05) is 45.0 Å². The first kappa shape index (κ1) is 25.6. The van der Waals surface area contributed by atoms with Gasteiger partial charge in [-0.25, -0.2) is 22.2 Å². The minimum absolute atomic E-state index is 0.0433. The van der Waals surface area contributed by atoms with E-state index in [2.05, 4.69) is 4.98 Å². The molecule has 0 radical (unpaired) electrons. The zero-order chi connectivity index (χ0) is 25.2. The largest absolute Gasteiger partial charge is 0.381 e. The Labute approximate surface area is 206 Å². The average molecular weight is 506 g/mol. The van der Waals surface area contributed by atoms with Gasteiger partial charge in [0, 0.05) is 26.3 Å². The van der Waals surface area contributed by atoms with Crippen molar-refractivity contribution in [3.63, 3.8) is 0 Å². The van der Waals surface area contributed by atoms with E-state index in [1.165, 1.54) is 16.4 Å². The summed E-state index contributed by atoms with van der Waals surface area (Å²) in [5.74, 6) is -0.0200. The summed E-state index contributed by atoms with van der Waals surface area (Å²) < 4.78 is 63.6. The number of anilines is 1. The number of fused-ring (bicyclic) bond motifs is 1. The molecule has 0 N–H and O–H groups in total. The molecule has 1 saturated heterocycles. The normalized spacial score (nSPS) is 15.4. The number of aryl methyl sites for hydroxylation is 1. The summed E-state index contributed by atoms with van der Waals surface area (Å²) in [6.07, 6.45) is -0.292. The number of alkyl halides is 2. The Morgan fingerprint density at radius 3 is 2.40 bits per heavy atom. The van der Waals surface area contributed by atoms with E-state index >= 15 is 0 Å². The molecule has 4 rings (SSSR count). The van der Waals surface area contributed by atoms with Gasteiger partial charge in [-0.2, -0.15) is 0 Å². The number of aromatic nitrogens is 2. The molecular formula is C26H33F2N3O3S. The van der Waals surface area contributed by atoms with Gasteiger partial charge in [-0.05, 0) is 67.0 Å². The van der Waals surface area contributed by atoms with Gasteiger partial charge in [-0.1, -0.05) is 32.9 Å². The molecule has 0 amide bonds. The van der Waals surface area contributed by atoms with E-state index in [9.17, 15) is 17.2 Å². The number of benzene rings is 2. The lowest BCUT2D eigenvalue weighted by Gasteiger charge is -2.26. The standard InChI is InChI=1S/C26H33F2N3O3S/c1-4-19-5-7-21(8-6-19)31(16-18(2)3)35(32,33)22-9-10-24-23(15-22)29-26(25(27)28)30(24)17-20-11-13-34-14-12-20/h5-10,15,18,20,25H,4,11-14,16-17H2,1-3H3. The van der Waals surface area contributed by atoms with E-state index in [-0.39, 0.29) is 28.1 Å². The highest BCUT2D eigenvalue weighted by molar-refractivity contribution is 7.92. The fourth-order valence-corrected chi connectivity index (χ4v) is 6.18. The number of imidazole rings is 1. The van der Waals surface area contributed by atoms with Gasteiger partial charge >= 0.3 is 0 Å². The minimum atomic E-state index is -3.93. The molecule has 1 aliphatic rings. The molecule has 0 atom stereocenters. The average Bonchev–Trinajstić information content (AvgIpc) is 3.21. The summed E-state index contributed by atoms with van der Waals surface area (Å²) in [5.41, 5.74) is 2.48. The van der Waals surface area contributed by atoms with Crippen LogP contribution in [0.1, 0.15) is 51.4 Å². The molecule has 1 fully saturated rings. The van der Waals surface area contributed by atoms with Crippen molar-refractivity contribution in [3.8, 4) is 0 Å². The lowest BCUT2D eigenvalue weighted by molar-refractivity contribution is 0.0596. The van der Waals surface area contributed by atoms with Crippen molar-refractivity contribution in [3.05, 3.63) is 53.9 Å². The molecule has 0 bridgehead atoms. The van der Waals surface area contributed by atoms with Crippen LogP contribution in [0.25, 0.3) is 11.0 Å². The minimum Gasteiger partial charge on any atom is -0.381 e. The highest BCUT2D eigenvalue weighted by atomic mass is 32.2. The summed E-state index contributed by atoms with van der Waals surface area (Å²) in [6.45, 7) is 7.91. The second kappa shape index (κ2) is 10.6. The molecular weight excluding hydrogens is 472 g/mol. The molecule has 2 aromatic carbocycles. The third kappa shape index (κ3) is 5.51. The Bertz CT molecular complexity index is 1250. The van der Waals surface area contributed by atoms with Crippen molar-refractivity contribution >= 4 is 26.7 Å². The molecule has 0 aliphatic carbocycles. The van der Waals surface area contributed by atoms with Crippen LogP contribution in [0.15, 0.2) is 47.4 Å². The van der Waals surface area contributed by atoms with Gasteiger partial charge in [0.05, 0.1) is 21.6 Å². The maximum absolute atomic E-state index is 13.9. The first-order chi connectivity index (χ1) is 16.7. The van der Waals surface area contributed by atoms with E-state index in [1.54, 1.807) is 10.6 Å². The van der Waals surface area contributed by atoms with Crippen LogP contribution >= 0.6 is 0 Å². The van der Waals surface area contributed by atoms with Crippen molar-refractivity contribution in [1.82, 2.24) is 9.55 Å². The van der Waals surface area contributed by atoms with E-state index in [0.29, 0.717) is 37.5 Å². The summed E-state index contributed by atoms with van der Waals surface area (Å²) in [6, 6.07) is 12.0. The molecule has 9 heteroatoms. The molecule has 3 aromatic rings. The summed E-state index contributed by atoms with van der Waals surface area (Å²) >= 11 is 0. The SMILES string of the molecule is CCc1ccc(N(CC(C)C)S(=O)(=O)c2ccc3c(c2)nc(C(F)F)n3CC2CCOCC2)cc1. The lowest BCUT2D eigenvalue weighted by Crippen LogP contribution is -2.34. The van der Waals surface area contributed by atoms with Crippen LogP contribution in [-0.4, -0.2) is 37.7 Å². The van der Waals surface area contributed by atoms with E-state index < -0.39 is 16.4 Å². The predicted octanol–water partition coefficient (Wildman–Crippen LogP) is 5.81. The zero-order valence-corrected chi connectivity index (χ0v) is 21.3. The van der Waals surface area contributed by atoms with Gasteiger partial charge < -0.3 is 9.30 Å². The monoisotopic (exact) mass is 505 g/mol. The highest BCUT2D eigenvalue weighted by Gasteiger charge is 2.28. The molecule has 0 saturated carbocycles. The Hall–Kier alpha value is -2.52. The smallest absolute Gasteiger partial charge is 0.295 e. The number of rotatable bonds is 9. The molecule has 0 unspecified atom stereocenters. The predicted molar refractivity (Wildman–Crippen MR) is 133 cm³/mol. The molecule has 1 aromatic heterocycles. The quantitative estimate of drug-likeness (QED) is 0.368. The van der Waals surface area contributed by atoms with Crippen molar-refractivity contribution in [1.29, 1.82) is 0 Å². The fourth-order valence-electron chi connectivity index (χ4n) is 4.53. The molecule has 190 valence electrons. The first-order valence-corrected chi connectivity index (χ1v) is 13.6. The zero-order valence-electron chi connectivity index (χ0n) is 20.5. The van der Waals surface area contributed by atoms with Crippen molar-refractivity contribution < 1.29 is 21.9 Å². The maximum Gasteiger partial charge on any atom is 0.295 e.